The first-order valence-electron chi connectivity index (χ1n) is 12.2. The molecule has 0 radical (unpaired) electrons. The van der Waals surface area contributed by atoms with Gasteiger partial charge in [0.15, 0.2) is 5.69 Å². The molecule has 4 aromatic heterocycles. The molecule has 0 amide bonds. The van der Waals surface area contributed by atoms with Gasteiger partial charge in [-0.25, -0.2) is 9.83 Å². The molecule has 5 heterocycles. The Balaban J connectivity index is 1.49. The van der Waals surface area contributed by atoms with Crippen LogP contribution in [0.2, 0.25) is 0 Å². The fourth-order valence-corrected chi connectivity index (χ4v) is 5.34. The summed E-state index contributed by atoms with van der Waals surface area (Å²) in [5.74, 6) is 0.688. The zero-order valence-electron chi connectivity index (χ0n) is 20.1. The van der Waals surface area contributed by atoms with Gasteiger partial charge in [0.2, 0.25) is 0 Å². The molecular formula is C29H28N6. The number of aryl methyl sites for hydroxylation is 1. The van der Waals surface area contributed by atoms with E-state index < -0.39 is 0 Å². The van der Waals surface area contributed by atoms with Gasteiger partial charge in [0.05, 0.1) is 24.0 Å². The van der Waals surface area contributed by atoms with E-state index in [1.54, 1.807) is 0 Å². The molecule has 0 aliphatic carbocycles. The van der Waals surface area contributed by atoms with Crippen molar-refractivity contribution >= 4 is 27.6 Å². The van der Waals surface area contributed by atoms with Gasteiger partial charge in [0, 0.05) is 54.1 Å². The van der Waals surface area contributed by atoms with E-state index in [1.807, 2.05) is 54.5 Å². The maximum atomic E-state index is 7.34. The van der Waals surface area contributed by atoms with Crippen molar-refractivity contribution in [1.29, 1.82) is 0 Å². The fraction of sp³-hybridized carbons (Fsp3) is 0.276. The lowest BCUT2D eigenvalue weighted by molar-refractivity contribution is 0.206. The second-order valence-electron chi connectivity index (χ2n) is 9.72. The number of rotatable bonds is 4. The van der Waals surface area contributed by atoms with E-state index in [0.29, 0.717) is 11.6 Å². The van der Waals surface area contributed by atoms with Crippen LogP contribution in [0.15, 0.2) is 67.3 Å². The molecule has 1 fully saturated rings. The maximum Gasteiger partial charge on any atom is 0.187 e. The summed E-state index contributed by atoms with van der Waals surface area (Å²) < 4.78 is 4.40. The number of fused-ring (bicyclic) bond motifs is 2. The molecule has 6 heteroatoms. The van der Waals surface area contributed by atoms with E-state index in [4.69, 9.17) is 16.5 Å². The first-order chi connectivity index (χ1) is 17.1. The third-order valence-corrected chi connectivity index (χ3v) is 7.39. The Bertz CT molecular complexity index is 1560. The zero-order chi connectivity index (χ0) is 23.9. The van der Waals surface area contributed by atoms with Crippen LogP contribution in [0, 0.1) is 12.5 Å². The normalized spacial score (nSPS) is 15.1. The van der Waals surface area contributed by atoms with Crippen LogP contribution >= 0.6 is 0 Å². The summed E-state index contributed by atoms with van der Waals surface area (Å²) in [5, 5.41) is 2.28. The molecule has 0 N–H and O–H groups in total. The number of nitrogens with zero attached hydrogens (tertiary/aromatic N) is 6. The standard InChI is InChI=1S/C29H28N6/c1-30-24-6-4-21(5-7-24)27-25-11-15-35(19-20-8-12-33(2)13-9-20)26(25)18-31-28(27)23-16-22-10-14-34(3)29(22)32-17-23/h4-7,10-11,14-18,20H,8-9,12-13,19H2,2-3H3. The number of piperidine rings is 1. The third-order valence-electron chi connectivity index (χ3n) is 7.39. The molecule has 0 saturated carbocycles. The number of hydrogen-bond donors (Lipinski definition) is 0. The number of aromatic nitrogens is 4. The first-order valence-corrected chi connectivity index (χ1v) is 12.2. The van der Waals surface area contributed by atoms with Crippen LogP contribution in [0.1, 0.15) is 12.8 Å². The summed E-state index contributed by atoms with van der Waals surface area (Å²) in [6.45, 7) is 10.7. The van der Waals surface area contributed by atoms with Gasteiger partial charge in [-0.15, -0.1) is 0 Å². The lowest BCUT2D eigenvalue weighted by atomic mass is 9.96. The molecule has 0 spiro atoms. The van der Waals surface area contributed by atoms with Crippen molar-refractivity contribution in [2.45, 2.75) is 19.4 Å². The van der Waals surface area contributed by atoms with Crippen LogP contribution in [0.3, 0.4) is 0 Å². The number of benzene rings is 1. The predicted octanol–water partition coefficient (Wildman–Crippen LogP) is 6.15. The quantitative estimate of drug-likeness (QED) is 0.302. The Kier molecular flexibility index (Phi) is 5.35. The molecule has 1 aromatic carbocycles. The molecule has 0 bridgehead atoms. The highest BCUT2D eigenvalue weighted by atomic mass is 15.1. The van der Waals surface area contributed by atoms with Crippen molar-refractivity contribution in [2.75, 3.05) is 20.1 Å². The van der Waals surface area contributed by atoms with Crippen molar-refractivity contribution in [1.82, 2.24) is 24.0 Å². The van der Waals surface area contributed by atoms with E-state index in [9.17, 15) is 0 Å². The van der Waals surface area contributed by atoms with Crippen LogP contribution in [0.25, 0.3) is 49.2 Å². The summed E-state index contributed by atoms with van der Waals surface area (Å²) in [5.41, 5.74) is 6.84. The van der Waals surface area contributed by atoms with Crippen molar-refractivity contribution in [3.05, 3.63) is 78.7 Å². The van der Waals surface area contributed by atoms with E-state index in [0.717, 1.165) is 45.5 Å². The Morgan fingerprint density at radius 2 is 1.74 bits per heavy atom. The molecule has 0 unspecified atom stereocenters. The molecule has 1 saturated heterocycles. The molecular weight excluding hydrogens is 432 g/mol. The van der Waals surface area contributed by atoms with Crippen LogP contribution in [0.5, 0.6) is 0 Å². The van der Waals surface area contributed by atoms with Gasteiger partial charge in [-0.1, -0.05) is 24.3 Å². The first kappa shape index (κ1) is 21.6. The van der Waals surface area contributed by atoms with Crippen LogP contribution in [-0.4, -0.2) is 44.1 Å². The van der Waals surface area contributed by atoms with Gasteiger partial charge in [-0.3, -0.25) is 4.98 Å². The van der Waals surface area contributed by atoms with Gasteiger partial charge in [0.25, 0.3) is 0 Å². The summed E-state index contributed by atoms with van der Waals surface area (Å²) in [4.78, 5) is 15.7. The van der Waals surface area contributed by atoms with Gasteiger partial charge < -0.3 is 14.0 Å². The smallest absolute Gasteiger partial charge is 0.187 e. The lowest BCUT2D eigenvalue weighted by Crippen LogP contribution is -2.31. The zero-order valence-corrected chi connectivity index (χ0v) is 20.1. The van der Waals surface area contributed by atoms with Gasteiger partial charge in [-0.05, 0) is 62.7 Å². The highest BCUT2D eigenvalue weighted by molar-refractivity contribution is 6.02. The molecule has 35 heavy (non-hydrogen) atoms. The third kappa shape index (κ3) is 3.88. The molecule has 174 valence electrons. The SMILES string of the molecule is [C-]#[N+]c1ccc(-c2c(-c3cnc4c(ccn4C)c3)ncc3c2ccn3CC2CCN(C)CC2)cc1. The van der Waals surface area contributed by atoms with Gasteiger partial charge >= 0.3 is 0 Å². The average Bonchev–Trinajstić information content (AvgIpc) is 3.48. The average molecular weight is 461 g/mol. The summed E-state index contributed by atoms with van der Waals surface area (Å²) in [6, 6.07) is 14.3. The largest absolute Gasteiger partial charge is 0.346 e. The Morgan fingerprint density at radius 1 is 0.943 bits per heavy atom. The fourth-order valence-electron chi connectivity index (χ4n) is 5.34. The topological polar surface area (TPSA) is 43.2 Å². The number of hydrogen-bond acceptors (Lipinski definition) is 3. The molecule has 6 rings (SSSR count). The van der Waals surface area contributed by atoms with Crippen molar-refractivity contribution in [2.24, 2.45) is 13.0 Å². The van der Waals surface area contributed by atoms with Crippen molar-refractivity contribution in [3.63, 3.8) is 0 Å². The maximum absolute atomic E-state index is 7.34. The number of likely N-dealkylation sites (tertiary alicyclic amines) is 1. The summed E-state index contributed by atoms with van der Waals surface area (Å²) in [6.07, 6.45) is 10.6. The Morgan fingerprint density at radius 3 is 2.51 bits per heavy atom. The highest BCUT2D eigenvalue weighted by Gasteiger charge is 2.20. The summed E-state index contributed by atoms with van der Waals surface area (Å²) >= 11 is 0. The van der Waals surface area contributed by atoms with E-state index in [-0.39, 0.29) is 0 Å². The van der Waals surface area contributed by atoms with Crippen LogP contribution in [0.4, 0.5) is 5.69 Å². The molecule has 6 nitrogen and oxygen atoms in total. The van der Waals surface area contributed by atoms with E-state index >= 15 is 0 Å². The minimum atomic E-state index is 0.641. The predicted molar refractivity (Wildman–Crippen MR) is 141 cm³/mol. The Labute approximate surface area is 205 Å². The second kappa shape index (κ2) is 8.68. The van der Waals surface area contributed by atoms with Crippen molar-refractivity contribution in [3.8, 4) is 22.4 Å². The number of pyridine rings is 2. The molecule has 5 aromatic rings. The van der Waals surface area contributed by atoms with Gasteiger partial charge in [-0.2, -0.15) is 0 Å². The Hall–Kier alpha value is -3.95. The van der Waals surface area contributed by atoms with E-state index in [1.165, 1.54) is 31.3 Å². The van der Waals surface area contributed by atoms with Crippen molar-refractivity contribution < 1.29 is 0 Å². The van der Waals surface area contributed by atoms with E-state index in [2.05, 4.69) is 45.8 Å². The minimum Gasteiger partial charge on any atom is -0.346 e. The monoisotopic (exact) mass is 460 g/mol. The van der Waals surface area contributed by atoms with Gasteiger partial charge in [0.1, 0.15) is 5.65 Å². The minimum absolute atomic E-state index is 0.641. The second-order valence-corrected chi connectivity index (χ2v) is 9.72. The molecule has 1 aliphatic rings. The molecule has 1 aliphatic heterocycles. The van der Waals surface area contributed by atoms with Crippen LogP contribution < -0.4 is 0 Å². The summed E-state index contributed by atoms with van der Waals surface area (Å²) in [7, 11) is 4.22. The van der Waals surface area contributed by atoms with Crippen LogP contribution in [-0.2, 0) is 13.6 Å². The lowest BCUT2D eigenvalue weighted by Gasteiger charge is -2.29. The highest BCUT2D eigenvalue weighted by Crippen LogP contribution is 2.38. The molecule has 0 atom stereocenters.